The quantitative estimate of drug-likeness (QED) is 0.609. The zero-order valence-electron chi connectivity index (χ0n) is 7.72. The van der Waals surface area contributed by atoms with Crippen LogP contribution in [-0.2, 0) is 4.79 Å². The molecule has 1 fully saturated rings. The summed E-state index contributed by atoms with van der Waals surface area (Å²) < 4.78 is 1.86. The predicted molar refractivity (Wildman–Crippen MR) is 54.5 cm³/mol. The number of carbonyl (C=O) groups is 1. The van der Waals surface area contributed by atoms with Crippen molar-refractivity contribution in [1.82, 2.24) is 9.78 Å². The Labute approximate surface area is 93.5 Å². The molecule has 0 spiro atoms. The van der Waals surface area contributed by atoms with Gasteiger partial charge in [0.1, 0.15) is 10.3 Å². The molecule has 0 N–H and O–H groups in total. The van der Waals surface area contributed by atoms with Crippen LogP contribution in [0.1, 0.15) is 25.3 Å². The summed E-state index contributed by atoms with van der Waals surface area (Å²) in [6, 6.07) is -0.0255. The van der Waals surface area contributed by atoms with Gasteiger partial charge in [0.25, 0.3) is 0 Å². The van der Waals surface area contributed by atoms with Gasteiger partial charge in [0, 0.05) is 12.8 Å². The summed E-state index contributed by atoms with van der Waals surface area (Å²) in [6.07, 6.45) is 3.23. The summed E-state index contributed by atoms with van der Waals surface area (Å²) in [4.78, 5) is 21.1. The molecule has 7 heteroatoms. The number of ketones is 1. The monoisotopic (exact) mass is 273 g/mol. The Kier molecular flexibility index (Phi) is 2.56. The Bertz CT molecular complexity index is 429. The summed E-state index contributed by atoms with van der Waals surface area (Å²) in [5, 5.41) is 14.4. The van der Waals surface area contributed by atoms with E-state index in [0.717, 1.165) is 0 Å². The van der Waals surface area contributed by atoms with Gasteiger partial charge in [-0.2, -0.15) is 4.68 Å². The molecule has 6 nitrogen and oxygen atoms in total. The van der Waals surface area contributed by atoms with Crippen molar-refractivity contribution in [1.29, 1.82) is 0 Å². The molecule has 80 valence electrons. The van der Waals surface area contributed by atoms with Crippen molar-refractivity contribution in [3.63, 3.8) is 0 Å². The van der Waals surface area contributed by atoms with E-state index in [1.807, 2.05) is 0 Å². The third-order valence-electron chi connectivity index (χ3n) is 2.44. The van der Waals surface area contributed by atoms with Crippen molar-refractivity contribution in [2.75, 3.05) is 0 Å². The third-order valence-corrected chi connectivity index (χ3v) is 3.00. The van der Waals surface area contributed by atoms with Crippen LogP contribution in [0.4, 0.5) is 5.82 Å². The molecule has 0 amide bonds. The molecule has 1 aromatic rings. The summed E-state index contributed by atoms with van der Waals surface area (Å²) in [7, 11) is 0. The van der Waals surface area contributed by atoms with Crippen molar-refractivity contribution < 1.29 is 9.72 Å². The maximum Gasteiger partial charge on any atom is 0.404 e. The Morgan fingerprint density at radius 2 is 2.40 bits per heavy atom. The van der Waals surface area contributed by atoms with Crippen LogP contribution in [0.25, 0.3) is 0 Å². The number of halogens is 1. The van der Waals surface area contributed by atoms with Crippen LogP contribution in [0.15, 0.2) is 10.7 Å². The van der Waals surface area contributed by atoms with E-state index in [9.17, 15) is 14.9 Å². The third kappa shape index (κ3) is 1.92. The fraction of sp³-hybridized carbons (Fsp3) is 0.500. The van der Waals surface area contributed by atoms with E-state index in [1.165, 1.54) is 4.68 Å². The van der Waals surface area contributed by atoms with Gasteiger partial charge in [-0.3, -0.25) is 4.79 Å². The fourth-order valence-electron chi connectivity index (χ4n) is 1.69. The number of rotatable bonds is 2. The van der Waals surface area contributed by atoms with E-state index < -0.39 is 4.92 Å². The minimum Gasteiger partial charge on any atom is -0.358 e. The molecule has 2 rings (SSSR count). The lowest BCUT2D eigenvalue weighted by Gasteiger charge is -2.02. The minimum absolute atomic E-state index is 0.0255. The maximum absolute atomic E-state index is 11.1. The molecular formula is C8H8BrN3O3. The second-order valence-electron chi connectivity index (χ2n) is 3.47. The number of nitrogens with zero attached hydrogens (tertiary/aromatic N) is 3. The van der Waals surface area contributed by atoms with E-state index >= 15 is 0 Å². The highest BCUT2D eigenvalue weighted by Gasteiger charge is 2.29. The smallest absolute Gasteiger partial charge is 0.358 e. The molecule has 1 saturated carbocycles. The van der Waals surface area contributed by atoms with Crippen molar-refractivity contribution in [3.05, 3.63) is 20.8 Å². The number of hydrogen-bond acceptors (Lipinski definition) is 4. The SMILES string of the molecule is O=C1CCC(n2cc(Br)c([N+](=O)[O-])n2)C1. The minimum atomic E-state index is -0.544. The molecule has 1 aliphatic rings. The summed E-state index contributed by atoms with van der Waals surface area (Å²) in [6.45, 7) is 0. The van der Waals surface area contributed by atoms with Crippen LogP contribution in [0.2, 0.25) is 0 Å². The number of aromatic nitrogens is 2. The Morgan fingerprint density at radius 1 is 1.67 bits per heavy atom. The van der Waals surface area contributed by atoms with Crippen molar-refractivity contribution in [2.24, 2.45) is 0 Å². The molecular weight excluding hydrogens is 266 g/mol. The van der Waals surface area contributed by atoms with E-state index in [2.05, 4.69) is 21.0 Å². The Morgan fingerprint density at radius 3 is 2.87 bits per heavy atom. The summed E-state index contributed by atoms with van der Waals surface area (Å²) in [5.41, 5.74) is 0. The summed E-state index contributed by atoms with van der Waals surface area (Å²) >= 11 is 3.07. The molecule has 1 heterocycles. The van der Waals surface area contributed by atoms with Gasteiger partial charge in [-0.25, -0.2) is 0 Å². The van der Waals surface area contributed by atoms with E-state index in [-0.39, 0.29) is 17.6 Å². The van der Waals surface area contributed by atoms with Gasteiger partial charge in [0.15, 0.2) is 0 Å². The van der Waals surface area contributed by atoms with Gasteiger partial charge >= 0.3 is 5.82 Å². The summed E-state index contributed by atoms with van der Waals surface area (Å²) in [5.74, 6) is -0.0105. The number of hydrogen-bond donors (Lipinski definition) is 0. The first-order valence-corrected chi connectivity index (χ1v) is 5.28. The first kappa shape index (κ1) is 10.3. The largest absolute Gasteiger partial charge is 0.404 e. The average Bonchev–Trinajstić information content (AvgIpc) is 2.71. The second kappa shape index (κ2) is 3.73. The predicted octanol–water partition coefficient (Wildman–Crippen LogP) is 1.85. The fourth-order valence-corrected chi connectivity index (χ4v) is 2.12. The first-order chi connectivity index (χ1) is 7.08. The van der Waals surface area contributed by atoms with Crippen molar-refractivity contribution in [2.45, 2.75) is 25.3 Å². The number of nitro groups is 1. The Hall–Kier alpha value is -1.24. The lowest BCUT2D eigenvalue weighted by Crippen LogP contribution is -2.06. The molecule has 1 unspecified atom stereocenters. The normalized spacial score (nSPS) is 20.9. The zero-order chi connectivity index (χ0) is 11.0. The van der Waals surface area contributed by atoms with Crippen LogP contribution >= 0.6 is 15.9 Å². The highest BCUT2D eigenvalue weighted by molar-refractivity contribution is 9.10. The second-order valence-corrected chi connectivity index (χ2v) is 4.33. The van der Waals surface area contributed by atoms with Crippen LogP contribution in [-0.4, -0.2) is 20.5 Å². The zero-order valence-corrected chi connectivity index (χ0v) is 9.31. The molecule has 0 aliphatic heterocycles. The molecule has 15 heavy (non-hydrogen) atoms. The van der Waals surface area contributed by atoms with Gasteiger partial charge in [-0.15, -0.1) is 0 Å². The average molecular weight is 274 g/mol. The van der Waals surface area contributed by atoms with Gasteiger partial charge in [0.2, 0.25) is 0 Å². The molecule has 0 bridgehead atoms. The molecule has 0 aromatic carbocycles. The molecule has 1 atom stereocenters. The molecule has 0 radical (unpaired) electrons. The lowest BCUT2D eigenvalue weighted by molar-refractivity contribution is -0.390. The highest BCUT2D eigenvalue weighted by Crippen LogP contribution is 2.30. The van der Waals surface area contributed by atoms with E-state index in [1.54, 1.807) is 6.20 Å². The van der Waals surface area contributed by atoms with Crippen LogP contribution in [0.5, 0.6) is 0 Å². The number of carbonyl (C=O) groups excluding carboxylic acids is 1. The van der Waals surface area contributed by atoms with E-state index in [4.69, 9.17) is 0 Å². The van der Waals surface area contributed by atoms with Gasteiger partial charge in [-0.1, -0.05) is 0 Å². The van der Waals surface area contributed by atoms with Gasteiger partial charge in [-0.05, 0) is 27.3 Å². The Balaban J connectivity index is 2.26. The molecule has 1 aromatic heterocycles. The molecule has 0 saturated heterocycles. The number of Topliss-reactive ketones (excluding diaryl/α,β-unsaturated/α-hetero) is 1. The molecule has 1 aliphatic carbocycles. The standard InChI is InChI=1S/C8H8BrN3O3/c9-7-4-11(10-8(7)12(14)15)5-1-2-6(13)3-5/h4-5H,1-3H2. The van der Waals surface area contributed by atoms with Gasteiger partial charge < -0.3 is 10.1 Å². The van der Waals surface area contributed by atoms with Crippen molar-refractivity contribution in [3.8, 4) is 0 Å². The highest BCUT2D eigenvalue weighted by atomic mass is 79.9. The van der Waals surface area contributed by atoms with Crippen LogP contribution < -0.4 is 0 Å². The topological polar surface area (TPSA) is 78.0 Å². The van der Waals surface area contributed by atoms with E-state index in [0.29, 0.717) is 23.7 Å². The van der Waals surface area contributed by atoms with Crippen LogP contribution in [0, 0.1) is 10.1 Å². The van der Waals surface area contributed by atoms with Crippen LogP contribution in [0.3, 0.4) is 0 Å². The maximum atomic E-state index is 11.1. The lowest BCUT2D eigenvalue weighted by atomic mass is 10.3. The first-order valence-electron chi connectivity index (χ1n) is 4.48. The van der Waals surface area contributed by atoms with Gasteiger partial charge in [0.05, 0.1) is 17.3 Å². The van der Waals surface area contributed by atoms with Crippen molar-refractivity contribution >= 4 is 27.5 Å².